The molecule has 1 aliphatic rings. The van der Waals surface area contributed by atoms with Gasteiger partial charge in [-0.25, -0.2) is 0 Å². The number of amides is 1. The summed E-state index contributed by atoms with van der Waals surface area (Å²) in [5, 5.41) is 11.9. The van der Waals surface area contributed by atoms with Crippen LogP contribution in [0.1, 0.15) is 31.6 Å². The van der Waals surface area contributed by atoms with E-state index < -0.39 is 6.10 Å². The number of aliphatic hydroxyl groups excluding tert-OH is 1. The van der Waals surface area contributed by atoms with Crippen molar-refractivity contribution in [2.75, 3.05) is 18.5 Å². The largest absolute Gasteiger partial charge is 0.393 e. The number of carbonyl (C=O) groups is 1. The van der Waals surface area contributed by atoms with Crippen molar-refractivity contribution in [3.8, 4) is 0 Å². The number of benzene rings is 1. The van der Waals surface area contributed by atoms with Gasteiger partial charge in [0.2, 0.25) is 5.91 Å². The van der Waals surface area contributed by atoms with E-state index >= 15 is 0 Å². The van der Waals surface area contributed by atoms with E-state index in [0.29, 0.717) is 26.1 Å². The lowest BCUT2D eigenvalue weighted by Crippen LogP contribution is -2.14. The summed E-state index contributed by atoms with van der Waals surface area (Å²) in [6, 6.07) is 7.39. The second-order valence-electron chi connectivity index (χ2n) is 4.63. The molecule has 2 rings (SSSR count). The monoisotopic (exact) mass is 265 g/mol. The Balaban J connectivity index is 1.86. The second-order valence-corrected chi connectivity index (χ2v) is 4.63. The molecule has 1 aromatic rings. The molecule has 1 fully saturated rings. The summed E-state index contributed by atoms with van der Waals surface area (Å²) in [5.41, 5.74) is 1.68. The van der Waals surface area contributed by atoms with Gasteiger partial charge in [-0.2, -0.15) is 0 Å². The molecule has 104 valence electrons. The molecule has 0 radical (unpaired) electrons. The number of hydrogen-bond acceptors (Lipinski definition) is 4. The maximum atomic E-state index is 11.6. The fourth-order valence-electron chi connectivity index (χ4n) is 1.84. The van der Waals surface area contributed by atoms with Gasteiger partial charge in [-0.1, -0.05) is 12.1 Å². The topological polar surface area (TPSA) is 67.8 Å². The first-order valence-corrected chi connectivity index (χ1v) is 6.46. The number of carbonyl (C=O) groups excluding carboxylic acids is 1. The number of anilines is 1. The van der Waals surface area contributed by atoms with Crippen molar-refractivity contribution in [3.05, 3.63) is 29.8 Å². The maximum absolute atomic E-state index is 11.6. The summed E-state index contributed by atoms with van der Waals surface area (Å²) >= 11 is 0. The lowest BCUT2D eigenvalue weighted by molar-refractivity contribution is -0.116. The molecular formula is C14H19NO4. The molecule has 19 heavy (non-hydrogen) atoms. The number of ether oxygens (including phenoxy) is 2. The fraction of sp³-hybridized carbons (Fsp3) is 0.500. The quantitative estimate of drug-likeness (QED) is 0.852. The summed E-state index contributed by atoms with van der Waals surface area (Å²) in [4.78, 5) is 11.6. The lowest BCUT2D eigenvalue weighted by Gasteiger charge is -2.11. The highest BCUT2D eigenvalue weighted by molar-refractivity contribution is 5.90. The average Bonchev–Trinajstić information content (AvgIpc) is 2.91. The molecule has 1 unspecified atom stereocenters. The molecule has 0 aromatic heterocycles. The van der Waals surface area contributed by atoms with Crippen LogP contribution in [0.2, 0.25) is 0 Å². The minimum Gasteiger partial charge on any atom is -0.393 e. The van der Waals surface area contributed by atoms with E-state index in [0.717, 1.165) is 11.3 Å². The van der Waals surface area contributed by atoms with Gasteiger partial charge in [0.25, 0.3) is 0 Å². The van der Waals surface area contributed by atoms with Crippen molar-refractivity contribution >= 4 is 11.6 Å². The molecule has 0 saturated carbocycles. The summed E-state index contributed by atoms with van der Waals surface area (Å²) in [6.07, 6.45) is 0.0341. The summed E-state index contributed by atoms with van der Waals surface area (Å²) < 4.78 is 10.8. The molecule has 1 heterocycles. The average molecular weight is 265 g/mol. The van der Waals surface area contributed by atoms with E-state index in [1.54, 1.807) is 6.92 Å². The van der Waals surface area contributed by atoms with Crippen LogP contribution in [0.5, 0.6) is 0 Å². The molecule has 1 aromatic carbocycles. The zero-order chi connectivity index (χ0) is 13.7. The van der Waals surface area contributed by atoms with Crippen molar-refractivity contribution in [1.82, 2.24) is 0 Å². The number of nitrogens with one attached hydrogen (secondary N) is 1. The summed E-state index contributed by atoms with van der Waals surface area (Å²) in [6.45, 7) is 2.90. The van der Waals surface area contributed by atoms with Gasteiger partial charge >= 0.3 is 0 Å². The Labute approximate surface area is 112 Å². The van der Waals surface area contributed by atoms with Crippen LogP contribution in [0.15, 0.2) is 24.3 Å². The van der Waals surface area contributed by atoms with Gasteiger partial charge < -0.3 is 19.9 Å². The third-order valence-corrected chi connectivity index (χ3v) is 2.88. The maximum Gasteiger partial charge on any atom is 0.224 e. The Morgan fingerprint density at radius 2 is 2.00 bits per heavy atom. The Hall–Kier alpha value is -1.43. The van der Waals surface area contributed by atoms with Crippen LogP contribution in [0, 0.1) is 0 Å². The molecule has 2 N–H and O–H groups in total. The van der Waals surface area contributed by atoms with E-state index in [9.17, 15) is 4.79 Å². The highest BCUT2D eigenvalue weighted by Gasteiger charge is 2.17. The van der Waals surface area contributed by atoms with Crippen LogP contribution in [-0.4, -0.2) is 30.3 Å². The van der Waals surface area contributed by atoms with Crippen LogP contribution >= 0.6 is 0 Å². The first-order chi connectivity index (χ1) is 9.15. The van der Waals surface area contributed by atoms with Crippen molar-refractivity contribution in [1.29, 1.82) is 0 Å². The smallest absolute Gasteiger partial charge is 0.224 e. The van der Waals surface area contributed by atoms with E-state index in [2.05, 4.69) is 5.32 Å². The zero-order valence-electron chi connectivity index (χ0n) is 11.0. The Kier molecular flexibility index (Phi) is 4.90. The van der Waals surface area contributed by atoms with Crippen LogP contribution in [0.25, 0.3) is 0 Å². The van der Waals surface area contributed by atoms with E-state index in [-0.39, 0.29) is 12.2 Å². The SMILES string of the molecule is CC(O)CCC(=O)Nc1ccc(C2OCCO2)cc1. The Morgan fingerprint density at radius 3 is 2.58 bits per heavy atom. The molecule has 1 saturated heterocycles. The lowest BCUT2D eigenvalue weighted by atomic mass is 10.2. The van der Waals surface area contributed by atoms with Crippen molar-refractivity contribution in [2.24, 2.45) is 0 Å². The van der Waals surface area contributed by atoms with Crippen molar-refractivity contribution < 1.29 is 19.4 Å². The first kappa shape index (κ1) is 14.0. The van der Waals surface area contributed by atoms with Crippen LogP contribution < -0.4 is 5.32 Å². The summed E-state index contributed by atoms with van der Waals surface area (Å²) in [7, 11) is 0. The second kappa shape index (κ2) is 6.65. The number of aliphatic hydroxyl groups is 1. The highest BCUT2D eigenvalue weighted by Crippen LogP contribution is 2.24. The van der Waals surface area contributed by atoms with Gasteiger partial charge in [0.1, 0.15) is 0 Å². The van der Waals surface area contributed by atoms with Gasteiger partial charge in [0.05, 0.1) is 19.3 Å². The van der Waals surface area contributed by atoms with Gasteiger partial charge in [0, 0.05) is 17.7 Å². The molecule has 1 amide bonds. The number of hydrogen-bond donors (Lipinski definition) is 2. The predicted octanol–water partition coefficient (Wildman–Crippen LogP) is 1.83. The first-order valence-electron chi connectivity index (χ1n) is 6.46. The Morgan fingerprint density at radius 1 is 1.37 bits per heavy atom. The number of rotatable bonds is 5. The minimum absolute atomic E-state index is 0.0954. The zero-order valence-corrected chi connectivity index (χ0v) is 11.0. The van der Waals surface area contributed by atoms with Gasteiger partial charge in [-0.05, 0) is 25.5 Å². The van der Waals surface area contributed by atoms with Crippen LogP contribution in [-0.2, 0) is 14.3 Å². The summed E-state index contributed by atoms with van der Waals surface area (Å²) in [5.74, 6) is -0.0954. The van der Waals surface area contributed by atoms with E-state index in [1.165, 1.54) is 0 Å². The molecule has 0 aliphatic carbocycles. The molecule has 5 nitrogen and oxygen atoms in total. The van der Waals surface area contributed by atoms with Gasteiger partial charge in [0.15, 0.2) is 6.29 Å². The van der Waals surface area contributed by atoms with Crippen LogP contribution in [0.3, 0.4) is 0 Å². The van der Waals surface area contributed by atoms with Crippen LogP contribution in [0.4, 0.5) is 5.69 Å². The molecule has 0 spiro atoms. The van der Waals surface area contributed by atoms with Crippen molar-refractivity contribution in [2.45, 2.75) is 32.2 Å². The molecular weight excluding hydrogens is 246 g/mol. The van der Waals surface area contributed by atoms with Gasteiger partial charge in [-0.3, -0.25) is 4.79 Å². The van der Waals surface area contributed by atoms with E-state index in [1.807, 2.05) is 24.3 Å². The normalized spacial score (nSPS) is 17.4. The molecule has 5 heteroatoms. The highest BCUT2D eigenvalue weighted by atomic mass is 16.7. The van der Waals surface area contributed by atoms with Crippen molar-refractivity contribution in [3.63, 3.8) is 0 Å². The third-order valence-electron chi connectivity index (χ3n) is 2.88. The Bertz CT molecular complexity index is 410. The predicted molar refractivity (Wildman–Crippen MR) is 70.6 cm³/mol. The minimum atomic E-state index is -0.454. The van der Waals surface area contributed by atoms with Gasteiger partial charge in [-0.15, -0.1) is 0 Å². The molecule has 0 bridgehead atoms. The molecule has 1 atom stereocenters. The molecule has 1 aliphatic heterocycles. The standard InChI is InChI=1S/C14H19NO4/c1-10(16)2-7-13(17)15-12-5-3-11(4-6-12)14-18-8-9-19-14/h3-6,10,14,16H,2,7-9H2,1H3,(H,15,17). The fourth-order valence-corrected chi connectivity index (χ4v) is 1.84. The third kappa shape index (κ3) is 4.31. The van der Waals surface area contributed by atoms with E-state index in [4.69, 9.17) is 14.6 Å².